The van der Waals surface area contributed by atoms with Gasteiger partial charge in [0.05, 0.1) is 5.69 Å². The molecule has 0 N–H and O–H groups in total. The van der Waals surface area contributed by atoms with Crippen LogP contribution < -0.4 is 21.3 Å². The molecule has 66 heavy (non-hydrogen) atoms. The van der Waals surface area contributed by atoms with Crippen LogP contribution in [0.25, 0.3) is 55.8 Å². The van der Waals surface area contributed by atoms with Crippen LogP contribution in [0.15, 0.2) is 200 Å². The van der Waals surface area contributed by atoms with Crippen LogP contribution in [0, 0.1) is 41.5 Å². The highest BCUT2D eigenvalue weighted by molar-refractivity contribution is 6.96. The van der Waals surface area contributed by atoms with Crippen LogP contribution in [-0.2, 0) is 0 Å². The number of fused-ring (bicyclic) bond motifs is 1. The molecule has 10 aromatic rings. The van der Waals surface area contributed by atoms with Gasteiger partial charge in [0.2, 0.25) is 12.7 Å². The zero-order valence-corrected chi connectivity index (χ0v) is 38.4. The smallest absolute Gasteiger partial charge is 0.242 e. The molecule has 0 radical (unpaired) electrons. The van der Waals surface area contributed by atoms with Crippen LogP contribution in [0.2, 0.25) is 0 Å². The maximum atomic E-state index is 5.53. The third-order valence-electron chi connectivity index (χ3n) is 12.9. The normalized spacial score (nSPS) is 11.2. The van der Waals surface area contributed by atoms with E-state index in [2.05, 4.69) is 228 Å². The molecule has 0 fully saturated rings. The Morgan fingerprint density at radius 2 is 0.894 bits per heavy atom. The SMILES string of the molecule is Cc1cc(C)c(B(c2ccc(N(c3nc(-c4ccccc4)nc(-c4ccc5ccccc5c4-c4ccccc4)n3)c3ccccc3-c3ccccc3)cc2)c2c(C)cc(C)cc2C)c(C)c1. The fourth-order valence-corrected chi connectivity index (χ4v) is 10.2. The number of anilines is 3. The van der Waals surface area contributed by atoms with Crippen molar-refractivity contribution < 1.29 is 0 Å². The molecule has 0 saturated carbocycles. The molecule has 0 unspecified atom stereocenters. The van der Waals surface area contributed by atoms with Gasteiger partial charge in [-0.1, -0.05) is 226 Å². The molecule has 318 valence electrons. The summed E-state index contributed by atoms with van der Waals surface area (Å²) in [6.07, 6.45) is 0. The van der Waals surface area contributed by atoms with Crippen molar-refractivity contribution in [3.05, 3.63) is 234 Å². The zero-order valence-electron chi connectivity index (χ0n) is 38.4. The van der Waals surface area contributed by atoms with Gasteiger partial charge in [-0.05, 0) is 87.7 Å². The molecule has 0 amide bonds. The maximum absolute atomic E-state index is 5.53. The highest BCUT2D eigenvalue weighted by Crippen LogP contribution is 2.42. The molecule has 1 heterocycles. The minimum Gasteiger partial charge on any atom is -0.278 e. The number of aryl methyl sites for hydroxylation is 6. The van der Waals surface area contributed by atoms with E-state index in [-0.39, 0.29) is 6.71 Å². The lowest BCUT2D eigenvalue weighted by atomic mass is 9.34. The van der Waals surface area contributed by atoms with Gasteiger partial charge >= 0.3 is 0 Å². The lowest BCUT2D eigenvalue weighted by Crippen LogP contribution is -2.55. The topological polar surface area (TPSA) is 41.9 Å². The number of nitrogens with zero attached hydrogens (tertiary/aromatic N) is 4. The fraction of sp³-hybridized carbons (Fsp3) is 0.0984. The van der Waals surface area contributed by atoms with Gasteiger partial charge in [-0.3, -0.25) is 4.90 Å². The molecule has 0 aliphatic rings. The Hall–Kier alpha value is -7.89. The summed E-state index contributed by atoms with van der Waals surface area (Å²) in [5.41, 5.74) is 19.8. The van der Waals surface area contributed by atoms with Gasteiger partial charge in [0.25, 0.3) is 0 Å². The van der Waals surface area contributed by atoms with E-state index in [9.17, 15) is 0 Å². The van der Waals surface area contributed by atoms with Crippen LogP contribution in [0.3, 0.4) is 0 Å². The van der Waals surface area contributed by atoms with Crippen molar-refractivity contribution in [2.24, 2.45) is 0 Å². The summed E-state index contributed by atoms with van der Waals surface area (Å²) >= 11 is 0. The second-order valence-electron chi connectivity index (χ2n) is 17.6. The van der Waals surface area contributed by atoms with Gasteiger partial charge in [0.15, 0.2) is 11.6 Å². The summed E-state index contributed by atoms with van der Waals surface area (Å²) in [4.78, 5) is 18.5. The van der Waals surface area contributed by atoms with E-state index in [1.807, 2.05) is 18.2 Å². The quantitative estimate of drug-likeness (QED) is 0.129. The molecule has 9 aromatic carbocycles. The zero-order chi connectivity index (χ0) is 45.3. The predicted molar refractivity (Wildman–Crippen MR) is 280 cm³/mol. The first-order chi connectivity index (χ1) is 32.2. The van der Waals surface area contributed by atoms with Crippen molar-refractivity contribution in [1.82, 2.24) is 15.0 Å². The Balaban J connectivity index is 1.23. The van der Waals surface area contributed by atoms with Crippen molar-refractivity contribution in [1.29, 1.82) is 0 Å². The highest BCUT2D eigenvalue weighted by atomic mass is 15.3. The molecule has 0 aliphatic carbocycles. The Kier molecular flexibility index (Phi) is 11.4. The largest absolute Gasteiger partial charge is 0.278 e. The van der Waals surface area contributed by atoms with Gasteiger partial charge in [-0.2, -0.15) is 9.97 Å². The molecule has 10 rings (SSSR count). The van der Waals surface area contributed by atoms with Crippen LogP contribution >= 0.6 is 0 Å². The summed E-state index contributed by atoms with van der Waals surface area (Å²) in [5.74, 6) is 1.71. The van der Waals surface area contributed by atoms with Crippen LogP contribution in [0.4, 0.5) is 17.3 Å². The first-order valence-electron chi connectivity index (χ1n) is 22.8. The monoisotopic (exact) mass is 850 g/mol. The third-order valence-corrected chi connectivity index (χ3v) is 12.9. The molecule has 4 nitrogen and oxygen atoms in total. The minimum atomic E-state index is 0.0306. The minimum absolute atomic E-state index is 0.0306. The number of aromatic nitrogens is 3. The first kappa shape index (κ1) is 42.1. The lowest BCUT2D eigenvalue weighted by Gasteiger charge is -2.28. The van der Waals surface area contributed by atoms with Crippen LogP contribution in [0.1, 0.15) is 33.4 Å². The fourth-order valence-electron chi connectivity index (χ4n) is 10.2. The summed E-state index contributed by atoms with van der Waals surface area (Å²) in [7, 11) is 0. The van der Waals surface area contributed by atoms with Crippen LogP contribution in [-0.4, -0.2) is 21.7 Å². The standard InChI is InChI=1S/C61H51BN4/c1-40-36-42(3)57(43(4)37-40)62(58-44(5)38-41(2)39-45(58)6)50-31-33-51(34-32-50)66(55-29-19-18-27-52(55)46-20-10-7-11-21-46)61-64-59(49-25-14-9-15-26-49)63-60(65-61)54-35-30-47-22-16-17-28-53(47)56(54)48-23-12-8-13-24-48/h7-39H,1-6H3. The van der Waals surface area contributed by atoms with Crippen molar-refractivity contribution in [3.8, 4) is 45.0 Å². The van der Waals surface area contributed by atoms with Gasteiger partial charge in [-0.15, -0.1) is 0 Å². The molecule has 5 heteroatoms. The van der Waals surface area contributed by atoms with Crippen molar-refractivity contribution >= 4 is 51.2 Å². The van der Waals surface area contributed by atoms with Gasteiger partial charge in [0.1, 0.15) is 0 Å². The molecule has 0 aliphatic heterocycles. The predicted octanol–water partition coefficient (Wildman–Crippen LogP) is 13.5. The first-order valence-corrected chi connectivity index (χ1v) is 22.8. The Bertz CT molecular complexity index is 3260. The third kappa shape index (κ3) is 8.09. The van der Waals surface area contributed by atoms with E-state index in [0.29, 0.717) is 17.6 Å². The average molecular weight is 851 g/mol. The molecule has 1 aromatic heterocycles. The van der Waals surface area contributed by atoms with Crippen molar-refractivity contribution in [2.75, 3.05) is 4.90 Å². The molecule has 0 spiro atoms. The van der Waals surface area contributed by atoms with E-state index >= 15 is 0 Å². The summed E-state index contributed by atoms with van der Waals surface area (Å²) in [5, 5.41) is 2.29. The van der Waals surface area contributed by atoms with Crippen LogP contribution in [0.5, 0.6) is 0 Å². The number of rotatable bonds is 10. The molecule has 0 atom stereocenters. The number of para-hydroxylation sites is 1. The van der Waals surface area contributed by atoms with Crippen molar-refractivity contribution in [2.45, 2.75) is 41.5 Å². The summed E-state index contributed by atoms with van der Waals surface area (Å²) < 4.78 is 0. The number of benzene rings is 9. The molecule has 0 saturated heterocycles. The van der Waals surface area contributed by atoms with E-state index in [4.69, 9.17) is 15.0 Å². The average Bonchev–Trinajstić information content (AvgIpc) is 3.34. The van der Waals surface area contributed by atoms with E-state index in [0.717, 1.165) is 55.5 Å². The molecule has 0 bridgehead atoms. The van der Waals surface area contributed by atoms with E-state index in [1.54, 1.807) is 0 Å². The second kappa shape index (κ2) is 17.9. The number of hydrogen-bond donors (Lipinski definition) is 0. The van der Waals surface area contributed by atoms with Gasteiger partial charge in [0, 0.05) is 27.9 Å². The van der Waals surface area contributed by atoms with Gasteiger partial charge in [-0.25, -0.2) is 4.98 Å². The lowest BCUT2D eigenvalue weighted by molar-refractivity contribution is 1.02. The molecular weight excluding hydrogens is 800 g/mol. The molecular formula is C61H51BN4. The van der Waals surface area contributed by atoms with E-state index < -0.39 is 0 Å². The Labute approximate surface area is 389 Å². The second-order valence-corrected chi connectivity index (χ2v) is 17.6. The number of hydrogen-bond acceptors (Lipinski definition) is 4. The summed E-state index contributed by atoms with van der Waals surface area (Å²) in [6, 6.07) is 71.3. The summed E-state index contributed by atoms with van der Waals surface area (Å²) in [6.45, 7) is 13.5. The Morgan fingerprint density at radius 3 is 1.50 bits per heavy atom. The van der Waals surface area contributed by atoms with Gasteiger partial charge < -0.3 is 0 Å². The van der Waals surface area contributed by atoms with E-state index in [1.165, 1.54) is 49.8 Å². The highest BCUT2D eigenvalue weighted by Gasteiger charge is 2.30. The Morgan fingerprint density at radius 1 is 0.394 bits per heavy atom. The maximum Gasteiger partial charge on any atom is 0.242 e. The van der Waals surface area contributed by atoms with Crippen molar-refractivity contribution in [3.63, 3.8) is 0 Å².